The Balaban J connectivity index is 3.12. The van der Waals surface area contributed by atoms with E-state index in [-0.39, 0.29) is 0 Å². The van der Waals surface area contributed by atoms with Crippen molar-refractivity contribution in [3.05, 3.63) is 12.2 Å². The maximum atomic E-state index is 10.5. The number of unbranched alkanes of at least 4 members (excludes halogenated alkanes) is 16. The molecule has 0 aromatic carbocycles. The van der Waals surface area contributed by atoms with Gasteiger partial charge in [-0.05, 0) is 32.1 Å². The second kappa shape index (κ2) is 22.3. The van der Waals surface area contributed by atoms with E-state index in [9.17, 15) is 4.79 Å². The van der Waals surface area contributed by atoms with Gasteiger partial charge in [0, 0.05) is 7.77 Å². The lowest BCUT2D eigenvalue weighted by molar-refractivity contribution is -0.137. The highest BCUT2D eigenvalue weighted by Gasteiger charge is 1.97. The van der Waals surface area contributed by atoms with Crippen LogP contribution in [0.1, 0.15) is 137 Å². The van der Waals surface area contributed by atoms with Gasteiger partial charge in [0.05, 0.1) is 0 Å². The van der Waals surface area contributed by atoms with Gasteiger partial charge in [-0.3, -0.25) is 4.79 Å². The highest BCUT2D eigenvalue weighted by Crippen LogP contribution is 2.13. The largest absolute Gasteiger partial charge is 0.481 e. The van der Waals surface area contributed by atoms with E-state index in [0.29, 0.717) is 6.42 Å². The third-order valence-corrected chi connectivity index (χ3v) is 5.03. The predicted octanol–water partition coefficient (Wildman–Crippen LogP) is 8.45. The van der Waals surface area contributed by atoms with Gasteiger partial charge in [-0.2, -0.15) is 0 Å². The fourth-order valence-electron chi connectivity index (χ4n) is 3.32. The van der Waals surface area contributed by atoms with E-state index in [1.54, 1.807) is 0 Å². The van der Waals surface area contributed by atoms with Gasteiger partial charge in [-0.15, -0.1) is 0 Å². The first-order chi connectivity index (χ1) is 13.2. The number of hydrogen-bond acceptors (Lipinski definition) is 1. The van der Waals surface area contributed by atoms with E-state index in [4.69, 9.17) is 6.48 Å². The zero-order valence-electron chi connectivity index (χ0n) is 18.5. The van der Waals surface area contributed by atoms with Crippen LogP contribution in [-0.4, -0.2) is 11.1 Å². The fourth-order valence-corrected chi connectivity index (χ4v) is 3.32. The summed E-state index contributed by atoms with van der Waals surface area (Å²) in [6, 6.07) is 0. The van der Waals surface area contributed by atoms with Crippen molar-refractivity contribution in [1.82, 2.24) is 0 Å². The van der Waals surface area contributed by atoms with Crippen molar-refractivity contribution < 1.29 is 11.3 Å². The molecule has 0 fully saturated rings. The molecule has 0 saturated heterocycles. The first-order valence-corrected chi connectivity index (χ1v) is 11.5. The van der Waals surface area contributed by atoms with Crippen molar-refractivity contribution in [2.45, 2.75) is 135 Å². The van der Waals surface area contributed by atoms with Crippen LogP contribution in [0.25, 0.3) is 0 Å². The van der Waals surface area contributed by atoms with Gasteiger partial charge in [0.2, 0.25) is 0 Å². The number of rotatable bonds is 21. The molecule has 0 aromatic rings. The normalized spacial score (nSPS) is 13.2. The maximum Gasteiger partial charge on any atom is 0.303 e. The summed E-state index contributed by atoms with van der Waals surface area (Å²) in [7, 11) is 0. The Morgan fingerprint density at radius 1 is 0.654 bits per heavy atom. The Hall–Kier alpha value is -0.790. The van der Waals surface area contributed by atoms with Gasteiger partial charge < -0.3 is 5.11 Å². The van der Waals surface area contributed by atoms with E-state index in [1.807, 2.05) is 0 Å². The van der Waals surface area contributed by atoms with Crippen molar-refractivity contribution in [1.29, 1.82) is 0 Å². The average molecular weight is 368 g/mol. The van der Waals surface area contributed by atoms with E-state index in [2.05, 4.69) is 19.1 Å². The summed E-state index contributed by atoms with van der Waals surface area (Å²) in [5.41, 5.74) is 0. The van der Waals surface area contributed by atoms with Crippen molar-refractivity contribution in [3.63, 3.8) is 0 Å². The van der Waals surface area contributed by atoms with Crippen LogP contribution in [0, 0.1) is 0 Å². The van der Waals surface area contributed by atoms with Crippen LogP contribution in [0.3, 0.4) is 0 Å². The molecule has 0 rings (SSSR count). The van der Waals surface area contributed by atoms with E-state index < -0.39 is 12.4 Å². The van der Waals surface area contributed by atoms with E-state index in [1.165, 1.54) is 103 Å². The third kappa shape index (κ3) is 23.2. The summed E-state index contributed by atoms with van der Waals surface area (Å²) in [5.74, 6) is -0.983. The number of allylic oxidation sites excluding steroid dienone is 2. The molecule has 0 aliphatic heterocycles. The molecule has 0 radical (unpaired) electrons. The van der Waals surface area contributed by atoms with Gasteiger partial charge in [0.1, 0.15) is 0 Å². The maximum absolute atomic E-state index is 10.5. The van der Waals surface area contributed by atoms with Gasteiger partial charge in [0.25, 0.3) is 0 Å². The second-order valence-corrected chi connectivity index (χ2v) is 7.68. The number of aliphatic carboxylic acids is 1. The molecular weight excluding hydrogens is 320 g/mol. The van der Waals surface area contributed by atoms with Crippen LogP contribution in [-0.2, 0) is 4.79 Å². The lowest BCUT2D eigenvalue weighted by Gasteiger charge is -2.02. The lowest BCUT2D eigenvalue weighted by Crippen LogP contribution is -1.93. The van der Waals surface area contributed by atoms with E-state index in [0.717, 1.165) is 12.8 Å². The first-order valence-electron chi connectivity index (χ1n) is 12.1. The summed E-state index contributed by atoms with van der Waals surface area (Å²) >= 11 is 0. The molecule has 2 heteroatoms. The number of carbonyl (C=O) groups is 1. The zero-order valence-corrected chi connectivity index (χ0v) is 17.5. The molecule has 0 aliphatic carbocycles. The molecule has 1 N–H and O–H groups in total. The summed E-state index contributed by atoms with van der Waals surface area (Å²) < 4.78 is 7.33. The second-order valence-electron chi connectivity index (χ2n) is 7.68. The van der Waals surface area contributed by atoms with E-state index >= 15 is 0 Å². The minimum atomic E-state index is -0.983. The standard InChI is InChI=1S/C24H46O2/c1-2-3-4-5-6-7-8-9-10-11-12-13-14-15-16-17-18-19-20-21-22-23-24(25)26/h9-10H,2-8,11-23H2,1H3,(H,25,26)/b10-9-/i23D. The van der Waals surface area contributed by atoms with Crippen LogP contribution in [0.4, 0.5) is 0 Å². The average Bonchev–Trinajstić information content (AvgIpc) is 2.66. The van der Waals surface area contributed by atoms with Crippen LogP contribution in [0.5, 0.6) is 0 Å². The predicted molar refractivity (Wildman–Crippen MR) is 115 cm³/mol. The van der Waals surface area contributed by atoms with Gasteiger partial charge in [-0.25, -0.2) is 0 Å². The minimum Gasteiger partial charge on any atom is -0.481 e. The molecule has 154 valence electrons. The molecule has 0 aliphatic rings. The summed E-state index contributed by atoms with van der Waals surface area (Å²) in [5, 5.41) is 8.65. The Labute approximate surface area is 165 Å². The topological polar surface area (TPSA) is 37.3 Å². The molecule has 2 nitrogen and oxygen atoms in total. The molecule has 0 amide bonds. The molecule has 0 heterocycles. The van der Waals surface area contributed by atoms with Crippen LogP contribution in [0.15, 0.2) is 12.2 Å². The van der Waals surface area contributed by atoms with Crippen molar-refractivity contribution in [2.24, 2.45) is 0 Å². The third-order valence-electron chi connectivity index (χ3n) is 5.03. The zero-order chi connectivity index (χ0) is 20.0. The Morgan fingerprint density at radius 3 is 1.38 bits per heavy atom. The quantitative estimate of drug-likeness (QED) is 0.163. The lowest BCUT2D eigenvalue weighted by atomic mass is 10.0. The molecule has 1 unspecified atom stereocenters. The number of carboxylic acid groups (broad SMARTS) is 1. The van der Waals surface area contributed by atoms with Gasteiger partial charge >= 0.3 is 5.97 Å². The number of carboxylic acids is 1. The molecule has 0 bridgehead atoms. The molecule has 26 heavy (non-hydrogen) atoms. The van der Waals surface area contributed by atoms with Crippen molar-refractivity contribution in [3.8, 4) is 0 Å². The van der Waals surface area contributed by atoms with Crippen molar-refractivity contribution >= 4 is 5.97 Å². The number of hydrogen-bond donors (Lipinski definition) is 1. The Morgan fingerprint density at radius 2 is 1.00 bits per heavy atom. The highest BCUT2D eigenvalue weighted by atomic mass is 16.4. The summed E-state index contributed by atoms with van der Waals surface area (Å²) in [4.78, 5) is 10.5. The molecule has 1 atom stereocenters. The van der Waals surface area contributed by atoms with Crippen molar-refractivity contribution in [2.75, 3.05) is 0 Å². The molecular formula is C24H46O2. The fraction of sp³-hybridized carbons (Fsp3) is 0.875. The molecule has 0 aromatic heterocycles. The SMILES string of the molecule is [2H]C(CCCCCCCCCCCC/C=C\CCCCCCCC)C(=O)O. The van der Waals surface area contributed by atoms with Gasteiger partial charge in [-0.1, -0.05) is 109 Å². The first kappa shape index (κ1) is 23.2. The Kier molecular flexibility index (Phi) is 19.9. The van der Waals surface area contributed by atoms with Crippen LogP contribution >= 0.6 is 0 Å². The van der Waals surface area contributed by atoms with Crippen LogP contribution < -0.4 is 0 Å². The summed E-state index contributed by atoms with van der Waals surface area (Å²) in [6.45, 7) is 2.27. The van der Waals surface area contributed by atoms with Gasteiger partial charge in [0.15, 0.2) is 0 Å². The highest BCUT2D eigenvalue weighted by molar-refractivity contribution is 5.66. The van der Waals surface area contributed by atoms with Crippen LogP contribution in [0.2, 0.25) is 0 Å². The smallest absolute Gasteiger partial charge is 0.303 e. The summed E-state index contributed by atoms with van der Waals surface area (Å²) in [6.07, 6.45) is 27.7. The minimum absolute atomic E-state index is 0.503. The molecule has 0 spiro atoms. The monoisotopic (exact) mass is 367 g/mol. The molecule has 0 saturated carbocycles. The Bertz CT molecular complexity index is 341.